The summed E-state index contributed by atoms with van der Waals surface area (Å²) in [7, 11) is 0. The molecule has 0 aliphatic carbocycles. The molecule has 156 valence electrons. The Morgan fingerprint density at radius 1 is 1.17 bits per heavy atom. The molecule has 0 radical (unpaired) electrons. The number of ether oxygens (including phenoxy) is 3. The Kier molecular flexibility index (Phi) is 8.26. The zero-order chi connectivity index (χ0) is 21.4. The summed E-state index contributed by atoms with van der Waals surface area (Å²) in [6, 6.07) is 4.79. The maximum Gasteiger partial charge on any atom is 0.326 e. The van der Waals surface area contributed by atoms with Gasteiger partial charge in [-0.25, -0.2) is 0 Å². The normalized spacial score (nSPS) is 15.0. The van der Waals surface area contributed by atoms with Crippen LogP contribution >= 0.6 is 11.8 Å². The molecule has 0 atom stereocenters. The van der Waals surface area contributed by atoms with E-state index < -0.39 is 29.6 Å². The van der Waals surface area contributed by atoms with Crippen molar-refractivity contribution in [2.45, 2.75) is 33.6 Å². The van der Waals surface area contributed by atoms with Crippen LogP contribution in [0.15, 0.2) is 23.1 Å². The molecule has 0 bridgehead atoms. The second kappa shape index (κ2) is 10.7. The van der Waals surface area contributed by atoms with Crippen LogP contribution in [0.25, 0.3) is 6.08 Å². The fourth-order valence-corrected chi connectivity index (χ4v) is 3.25. The van der Waals surface area contributed by atoms with Crippen molar-refractivity contribution in [2.24, 2.45) is 0 Å². The minimum absolute atomic E-state index is 0.180. The molecule has 2 amide bonds. The van der Waals surface area contributed by atoms with Gasteiger partial charge in [0.25, 0.3) is 11.1 Å². The average Bonchev–Trinajstić information content (AvgIpc) is 2.91. The molecule has 1 aromatic carbocycles. The van der Waals surface area contributed by atoms with Gasteiger partial charge >= 0.3 is 11.9 Å². The van der Waals surface area contributed by atoms with Crippen LogP contribution in [0.1, 0.15) is 39.2 Å². The van der Waals surface area contributed by atoms with E-state index in [9.17, 15) is 19.2 Å². The molecule has 0 aromatic heterocycles. The molecule has 29 heavy (non-hydrogen) atoms. The van der Waals surface area contributed by atoms with Crippen molar-refractivity contribution in [3.05, 3.63) is 28.7 Å². The van der Waals surface area contributed by atoms with Crippen LogP contribution in [0, 0.1) is 0 Å². The van der Waals surface area contributed by atoms with E-state index in [0.29, 0.717) is 17.9 Å². The van der Waals surface area contributed by atoms with E-state index in [0.717, 1.165) is 29.5 Å². The highest BCUT2D eigenvalue weighted by atomic mass is 32.2. The number of rotatable bonds is 9. The number of hydrogen-bond donors (Lipinski definition) is 0. The van der Waals surface area contributed by atoms with Gasteiger partial charge in [0.05, 0.1) is 18.1 Å². The Balaban J connectivity index is 2.14. The molecular formula is C20H23NO7S. The van der Waals surface area contributed by atoms with Crippen LogP contribution in [-0.4, -0.2) is 47.7 Å². The fraction of sp³-hybridized carbons (Fsp3) is 0.400. The number of amides is 2. The maximum atomic E-state index is 12.5. The largest absolute Gasteiger partial charge is 0.490 e. The highest BCUT2D eigenvalue weighted by molar-refractivity contribution is 8.18. The lowest BCUT2D eigenvalue weighted by Gasteiger charge is -2.12. The number of thioether (sulfide) groups is 1. The van der Waals surface area contributed by atoms with E-state index in [1.165, 1.54) is 13.0 Å². The number of hydrogen-bond acceptors (Lipinski definition) is 8. The van der Waals surface area contributed by atoms with Crippen molar-refractivity contribution in [3.8, 4) is 11.5 Å². The number of esters is 2. The van der Waals surface area contributed by atoms with Crippen LogP contribution in [0.5, 0.6) is 11.5 Å². The standard InChI is InChI=1S/C20H23NO7S/c1-4-6-9-27-18(23)12-21-19(24)17(29-20(21)25)11-14-7-8-15(28-13(3)22)16(10-14)26-5-2/h7-8,10-11H,4-6,9,12H2,1-3H3/b17-11+. The highest BCUT2D eigenvalue weighted by Gasteiger charge is 2.36. The number of imide groups is 1. The third-order valence-corrected chi connectivity index (χ3v) is 4.65. The van der Waals surface area contributed by atoms with E-state index in [1.54, 1.807) is 25.1 Å². The van der Waals surface area contributed by atoms with E-state index in [1.807, 2.05) is 6.92 Å². The van der Waals surface area contributed by atoms with Gasteiger partial charge < -0.3 is 14.2 Å². The maximum absolute atomic E-state index is 12.5. The van der Waals surface area contributed by atoms with Gasteiger partial charge in [-0.1, -0.05) is 19.4 Å². The quantitative estimate of drug-likeness (QED) is 0.259. The molecular weight excluding hydrogens is 398 g/mol. The van der Waals surface area contributed by atoms with E-state index >= 15 is 0 Å². The number of carbonyl (C=O) groups is 4. The molecule has 9 heteroatoms. The van der Waals surface area contributed by atoms with Crippen LogP contribution in [0.2, 0.25) is 0 Å². The van der Waals surface area contributed by atoms with Crippen LogP contribution in [0.3, 0.4) is 0 Å². The lowest BCUT2D eigenvalue weighted by Crippen LogP contribution is -2.34. The Morgan fingerprint density at radius 2 is 1.93 bits per heavy atom. The van der Waals surface area contributed by atoms with Crippen molar-refractivity contribution in [2.75, 3.05) is 19.8 Å². The zero-order valence-corrected chi connectivity index (χ0v) is 17.4. The summed E-state index contributed by atoms with van der Waals surface area (Å²) < 4.78 is 15.6. The summed E-state index contributed by atoms with van der Waals surface area (Å²) >= 11 is 0.746. The van der Waals surface area contributed by atoms with Gasteiger partial charge in [-0.15, -0.1) is 0 Å². The molecule has 0 unspecified atom stereocenters. The number of nitrogens with zero attached hydrogens (tertiary/aromatic N) is 1. The predicted molar refractivity (Wildman–Crippen MR) is 107 cm³/mol. The van der Waals surface area contributed by atoms with Crippen molar-refractivity contribution >= 4 is 40.9 Å². The topological polar surface area (TPSA) is 99.2 Å². The minimum atomic E-state index is -0.619. The lowest BCUT2D eigenvalue weighted by atomic mass is 10.2. The van der Waals surface area contributed by atoms with Crippen LogP contribution in [0.4, 0.5) is 4.79 Å². The Labute approximate surface area is 173 Å². The van der Waals surface area contributed by atoms with Gasteiger partial charge in [0.2, 0.25) is 0 Å². The van der Waals surface area contributed by atoms with Gasteiger partial charge in [0.15, 0.2) is 11.5 Å². The first-order valence-electron chi connectivity index (χ1n) is 9.22. The first-order valence-corrected chi connectivity index (χ1v) is 10.0. The van der Waals surface area contributed by atoms with Gasteiger partial charge in [-0.2, -0.15) is 0 Å². The van der Waals surface area contributed by atoms with Crippen LogP contribution in [-0.2, 0) is 19.1 Å². The van der Waals surface area contributed by atoms with Crippen molar-refractivity contribution < 1.29 is 33.4 Å². The SMILES string of the molecule is CCCCOC(=O)CN1C(=O)S/C(=C/c2ccc(OC(C)=O)c(OCC)c2)C1=O. The summed E-state index contributed by atoms with van der Waals surface area (Å²) in [5, 5.41) is -0.532. The van der Waals surface area contributed by atoms with Gasteiger partial charge in [-0.05, 0) is 48.9 Å². The van der Waals surface area contributed by atoms with Crippen LogP contribution < -0.4 is 9.47 Å². The van der Waals surface area contributed by atoms with Crippen molar-refractivity contribution in [1.82, 2.24) is 4.90 Å². The smallest absolute Gasteiger partial charge is 0.326 e. The van der Waals surface area contributed by atoms with Gasteiger partial charge in [-0.3, -0.25) is 24.1 Å². The second-order valence-corrected chi connectivity index (χ2v) is 7.07. The Morgan fingerprint density at radius 3 is 2.59 bits per heavy atom. The lowest BCUT2D eigenvalue weighted by molar-refractivity contribution is -0.146. The summed E-state index contributed by atoms with van der Waals surface area (Å²) in [6.45, 7) is 5.23. The zero-order valence-electron chi connectivity index (χ0n) is 16.6. The predicted octanol–water partition coefficient (Wildman–Crippen LogP) is 3.39. The van der Waals surface area contributed by atoms with Crippen molar-refractivity contribution in [1.29, 1.82) is 0 Å². The molecule has 1 fully saturated rings. The van der Waals surface area contributed by atoms with E-state index in [2.05, 4.69) is 0 Å². The second-order valence-electron chi connectivity index (χ2n) is 6.07. The molecule has 0 N–H and O–H groups in total. The summed E-state index contributed by atoms with van der Waals surface area (Å²) in [6.07, 6.45) is 3.12. The molecule has 1 aliphatic rings. The molecule has 8 nitrogen and oxygen atoms in total. The molecule has 0 saturated carbocycles. The summed E-state index contributed by atoms with van der Waals surface area (Å²) in [4.78, 5) is 48.7. The molecule has 1 saturated heterocycles. The number of benzene rings is 1. The average molecular weight is 421 g/mol. The molecule has 0 spiro atoms. The first-order chi connectivity index (χ1) is 13.8. The molecule has 1 heterocycles. The van der Waals surface area contributed by atoms with Gasteiger partial charge in [0, 0.05) is 6.92 Å². The third kappa shape index (κ3) is 6.35. The van der Waals surface area contributed by atoms with E-state index in [-0.39, 0.29) is 17.3 Å². The number of unbranched alkanes of at least 4 members (excludes halogenated alkanes) is 1. The molecule has 1 aromatic rings. The van der Waals surface area contributed by atoms with E-state index in [4.69, 9.17) is 14.2 Å². The summed E-state index contributed by atoms with van der Waals surface area (Å²) in [5.41, 5.74) is 0.584. The Bertz CT molecular complexity index is 834. The molecule has 1 aliphatic heterocycles. The van der Waals surface area contributed by atoms with Crippen molar-refractivity contribution in [3.63, 3.8) is 0 Å². The monoisotopic (exact) mass is 421 g/mol. The highest BCUT2D eigenvalue weighted by Crippen LogP contribution is 2.34. The number of carbonyl (C=O) groups excluding carboxylic acids is 4. The Hall–Kier alpha value is -2.81. The third-order valence-electron chi connectivity index (χ3n) is 3.74. The summed E-state index contributed by atoms with van der Waals surface area (Å²) in [5.74, 6) is -1.05. The fourth-order valence-electron chi connectivity index (χ4n) is 2.41. The molecule has 2 rings (SSSR count). The first kappa shape index (κ1) is 22.5. The minimum Gasteiger partial charge on any atom is -0.490 e. The van der Waals surface area contributed by atoms with Gasteiger partial charge in [0.1, 0.15) is 6.54 Å².